The lowest BCUT2D eigenvalue weighted by Crippen LogP contribution is -2.02. The molecule has 0 rings (SSSR count). The lowest BCUT2D eigenvalue weighted by molar-refractivity contribution is 0.282. The van der Waals surface area contributed by atoms with Crippen LogP contribution in [0.2, 0.25) is 0 Å². The minimum absolute atomic E-state index is 0.0972. The fraction of sp³-hybridized carbons (Fsp3) is 1.00. The SMILES string of the molecule is CCCCCCCCCCCCCCCCO.NCCO. The van der Waals surface area contributed by atoms with Crippen LogP contribution >= 0.6 is 0 Å². The summed E-state index contributed by atoms with van der Waals surface area (Å²) in [6, 6.07) is 0. The van der Waals surface area contributed by atoms with Gasteiger partial charge in [-0.05, 0) is 6.42 Å². The maximum Gasteiger partial charge on any atom is 0.0553 e. The van der Waals surface area contributed by atoms with Crippen molar-refractivity contribution in [3.8, 4) is 0 Å². The van der Waals surface area contributed by atoms with Crippen molar-refractivity contribution in [2.75, 3.05) is 19.8 Å². The Hall–Kier alpha value is -0.120. The molecular weight excluding hydrogens is 262 g/mol. The third-order valence-corrected chi connectivity index (χ3v) is 3.64. The zero-order valence-electron chi connectivity index (χ0n) is 14.5. The Labute approximate surface area is 133 Å². The number of unbranched alkanes of at least 4 members (excludes halogenated alkanes) is 13. The highest BCUT2D eigenvalue weighted by atomic mass is 16.3. The van der Waals surface area contributed by atoms with Crippen molar-refractivity contribution in [1.82, 2.24) is 0 Å². The molecule has 0 amide bonds. The quantitative estimate of drug-likeness (QED) is 0.393. The van der Waals surface area contributed by atoms with E-state index in [1.165, 1.54) is 83.5 Å². The van der Waals surface area contributed by atoms with E-state index >= 15 is 0 Å². The Morgan fingerprint density at radius 3 is 1.05 bits per heavy atom. The summed E-state index contributed by atoms with van der Waals surface area (Å²) in [5, 5.41) is 16.4. The van der Waals surface area contributed by atoms with Crippen LogP contribution in [0.4, 0.5) is 0 Å². The number of hydrogen-bond acceptors (Lipinski definition) is 3. The van der Waals surface area contributed by atoms with Crippen molar-refractivity contribution in [2.45, 2.75) is 96.8 Å². The molecule has 0 unspecified atom stereocenters. The van der Waals surface area contributed by atoms with Gasteiger partial charge in [0.25, 0.3) is 0 Å². The second kappa shape index (κ2) is 24.9. The van der Waals surface area contributed by atoms with Crippen LogP contribution in [-0.4, -0.2) is 30.0 Å². The van der Waals surface area contributed by atoms with Crippen LogP contribution in [0.5, 0.6) is 0 Å². The molecule has 130 valence electrons. The normalized spacial score (nSPS) is 10.3. The van der Waals surface area contributed by atoms with Gasteiger partial charge in [-0.2, -0.15) is 0 Å². The maximum atomic E-state index is 8.64. The van der Waals surface area contributed by atoms with Gasteiger partial charge in [0, 0.05) is 13.2 Å². The fourth-order valence-corrected chi connectivity index (χ4v) is 2.31. The zero-order valence-corrected chi connectivity index (χ0v) is 14.5. The zero-order chi connectivity index (χ0) is 16.0. The van der Waals surface area contributed by atoms with Crippen molar-refractivity contribution < 1.29 is 10.2 Å². The average Bonchev–Trinajstić information content (AvgIpc) is 2.52. The standard InChI is InChI=1S/C16H34O.C2H7NO/c1-2-3-4-5-6-7-8-9-10-11-12-13-14-15-16-17;3-1-2-4/h17H,2-16H2,1H3;4H,1-3H2. The Kier molecular flexibility index (Phi) is 27.4. The third-order valence-electron chi connectivity index (χ3n) is 3.64. The van der Waals surface area contributed by atoms with Crippen LogP contribution < -0.4 is 5.73 Å². The van der Waals surface area contributed by atoms with Crippen molar-refractivity contribution >= 4 is 0 Å². The summed E-state index contributed by atoms with van der Waals surface area (Å²) in [6.07, 6.45) is 19.2. The Morgan fingerprint density at radius 1 is 0.524 bits per heavy atom. The first-order valence-electron chi connectivity index (χ1n) is 9.25. The summed E-state index contributed by atoms with van der Waals surface area (Å²) in [7, 11) is 0. The van der Waals surface area contributed by atoms with Gasteiger partial charge in [0.2, 0.25) is 0 Å². The molecule has 0 atom stereocenters. The molecule has 0 aromatic carbocycles. The molecule has 3 heteroatoms. The molecule has 0 aliphatic rings. The minimum Gasteiger partial charge on any atom is -0.396 e. The van der Waals surface area contributed by atoms with E-state index in [9.17, 15) is 0 Å². The molecular formula is C18H41NO2. The first-order valence-corrected chi connectivity index (χ1v) is 9.25. The largest absolute Gasteiger partial charge is 0.396 e. The molecule has 0 saturated carbocycles. The summed E-state index contributed by atoms with van der Waals surface area (Å²) in [6.45, 7) is 3.12. The molecule has 4 N–H and O–H groups in total. The van der Waals surface area contributed by atoms with Gasteiger partial charge in [0.1, 0.15) is 0 Å². The first kappa shape index (κ1) is 23.2. The van der Waals surface area contributed by atoms with Crippen LogP contribution in [0.15, 0.2) is 0 Å². The van der Waals surface area contributed by atoms with Crippen LogP contribution in [0.25, 0.3) is 0 Å². The molecule has 0 aliphatic carbocycles. The van der Waals surface area contributed by atoms with E-state index in [-0.39, 0.29) is 6.61 Å². The molecule has 0 radical (unpaired) electrons. The highest BCUT2D eigenvalue weighted by molar-refractivity contribution is 4.48. The number of nitrogens with two attached hydrogens (primary N) is 1. The molecule has 0 aromatic rings. The molecule has 21 heavy (non-hydrogen) atoms. The summed E-state index contributed by atoms with van der Waals surface area (Å²) in [5.41, 5.74) is 4.78. The van der Waals surface area contributed by atoms with E-state index in [1.54, 1.807) is 0 Å². The fourth-order valence-electron chi connectivity index (χ4n) is 2.31. The smallest absolute Gasteiger partial charge is 0.0553 e. The molecule has 3 nitrogen and oxygen atoms in total. The van der Waals surface area contributed by atoms with E-state index < -0.39 is 0 Å². The lowest BCUT2D eigenvalue weighted by Gasteiger charge is -2.02. The summed E-state index contributed by atoms with van der Waals surface area (Å²) in [5.74, 6) is 0. The second-order valence-corrected chi connectivity index (χ2v) is 5.83. The van der Waals surface area contributed by atoms with Crippen molar-refractivity contribution in [3.63, 3.8) is 0 Å². The molecule has 0 fully saturated rings. The molecule has 0 saturated heterocycles. The Morgan fingerprint density at radius 2 is 0.810 bits per heavy atom. The predicted octanol–water partition coefficient (Wildman–Crippen LogP) is 4.40. The van der Waals surface area contributed by atoms with E-state index in [0.29, 0.717) is 13.2 Å². The van der Waals surface area contributed by atoms with E-state index in [2.05, 4.69) is 6.92 Å². The minimum atomic E-state index is 0.0972. The highest BCUT2D eigenvalue weighted by Gasteiger charge is 1.93. The van der Waals surface area contributed by atoms with E-state index in [1.807, 2.05) is 0 Å². The predicted molar refractivity (Wildman–Crippen MR) is 93.5 cm³/mol. The highest BCUT2D eigenvalue weighted by Crippen LogP contribution is 2.12. The molecule has 0 aliphatic heterocycles. The Bertz CT molecular complexity index is 138. The first-order chi connectivity index (χ1) is 10.3. The second-order valence-electron chi connectivity index (χ2n) is 5.83. The van der Waals surface area contributed by atoms with Gasteiger partial charge in [0.05, 0.1) is 6.61 Å². The van der Waals surface area contributed by atoms with Gasteiger partial charge in [0.15, 0.2) is 0 Å². The van der Waals surface area contributed by atoms with Gasteiger partial charge < -0.3 is 15.9 Å². The number of hydrogen-bond donors (Lipinski definition) is 3. The Balaban J connectivity index is 0. The van der Waals surface area contributed by atoms with E-state index in [0.717, 1.165) is 6.42 Å². The topological polar surface area (TPSA) is 66.5 Å². The van der Waals surface area contributed by atoms with Crippen LogP contribution in [0, 0.1) is 0 Å². The van der Waals surface area contributed by atoms with Crippen molar-refractivity contribution in [1.29, 1.82) is 0 Å². The summed E-state index contributed by atoms with van der Waals surface area (Å²) in [4.78, 5) is 0. The molecule has 0 spiro atoms. The summed E-state index contributed by atoms with van der Waals surface area (Å²) < 4.78 is 0. The maximum absolute atomic E-state index is 8.64. The average molecular weight is 304 g/mol. The van der Waals surface area contributed by atoms with Gasteiger partial charge in [-0.1, -0.05) is 90.4 Å². The number of aliphatic hydroxyl groups is 2. The molecule has 0 bridgehead atoms. The van der Waals surface area contributed by atoms with Gasteiger partial charge in [-0.3, -0.25) is 0 Å². The number of aliphatic hydroxyl groups excluding tert-OH is 2. The third kappa shape index (κ3) is 28.7. The van der Waals surface area contributed by atoms with Crippen LogP contribution in [-0.2, 0) is 0 Å². The molecule has 0 aromatic heterocycles. The van der Waals surface area contributed by atoms with Gasteiger partial charge in [-0.25, -0.2) is 0 Å². The summed E-state index contributed by atoms with van der Waals surface area (Å²) >= 11 is 0. The van der Waals surface area contributed by atoms with Crippen LogP contribution in [0.3, 0.4) is 0 Å². The van der Waals surface area contributed by atoms with Gasteiger partial charge in [-0.15, -0.1) is 0 Å². The van der Waals surface area contributed by atoms with E-state index in [4.69, 9.17) is 15.9 Å². The van der Waals surface area contributed by atoms with Crippen molar-refractivity contribution in [2.24, 2.45) is 5.73 Å². The number of rotatable bonds is 15. The molecule has 0 heterocycles. The lowest BCUT2D eigenvalue weighted by atomic mass is 10.0. The van der Waals surface area contributed by atoms with Crippen LogP contribution in [0.1, 0.15) is 96.8 Å². The van der Waals surface area contributed by atoms with Crippen molar-refractivity contribution in [3.05, 3.63) is 0 Å². The monoisotopic (exact) mass is 303 g/mol. The van der Waals surface area contributed by atoms with Gasteiger partial charge >= 0.3 is 0 Å².